The van der Waals surface area contributed by atoms with Crippen LogP contribution in [0.2, 0.25) is 0 Å². The van der Waals surface area contributed by atoms with Gasteiger partial charge in [0.1, 0.15) is 11.8 Å². The summed E-state index contributed by atoms with van der Waals surface area (Å²) in [5, 5.41) is 13.7. The molecule has 1 aliphatic rings. The molecule has 1 amide bonds. The van der Waals surface area contributed by atoms with Crippen LogP contribution < -0.4 is 4.74 Å². The summed E-state index contributed by atoms with van der Waals surface area (Å²) in [4.78, 5) is 18.8. The van der Waals surface area contributed by atoms with Gasteiger partial charge >= 0.3 is 0 Å². The third-order valence-electron chi connectivity index (χ3n) is 5.86. The lowest BCUT2D eigenvalue weighted by atomic mass is 10.0. The van der Waals surface area contributed by atoms with Gasteiger partial charge in [0.15, 0.2) is 0 Å². The van der Waals surface area contributed by atoms with Gasteiger partial charge in [0, 0.05) is 24.6 Å². The predicted molar refractivity (Wildman–Crippen MR) is 124 cm³/mol. The Balaban J connectivity index is 1.66. The highest BCUT2D eigenvalue weighted by Crippen LogP contribution is 2.40. The molecule has 170 valence electrons. The van der Waals surface area contributed by atoms with Crippen LogP contribution in [0.15, 0.2) is 40.9 Å². The number of hydrogen-bond acceptors (Lipinski definition) is 6. The van der Waals surface area contributed by atoms with Gasteiger partial charge in [-0.05, 0) is 62.4 Å². The quantitative estimate of drug-likeness (QED) is 0.490. The molecule has 33 heavy (non-hydrogen) atoms. The molecule has 1 aromatic heterocycles. The molecule has 0 saturated heterocycles. The second-order valence-corrected chi connectivity index (χ2v) is 8.55. The van der Waals surface area contributed by atoms with Crippen molar-refractivity contribution in [3.8, 4) is 34.7 Å². The molecule has 0 N–H and O–H groups in total. The summed E-state index contributed by atoms with van der Waals surface area (Å²) in [5.74, 6) is 1.49. The SMILES string of the molecule is CCCN(C(C)=O)[C@H]1CCc2c(-c3noc(-c4ccc(OC(C)C)c(C#N)c4)n3)cccc21. The van der Waals surface area contributed by atoms with Crippen molar-refractivity contribution in [1.82, 2.24) is 15.0 Å². The van der Waals surface area contributed by atoms with Gasteiger partial charge in [-0.15, -0.1) is 0 Å². The molecule has 0 unspecified atom stereocenters. The molecule has 0 radical (unpaired) electrons. The smallest absolute Gasteiger partial charge is 0.258 e. The highest BCUT2D eigenvalue weighted by molar-refractivity contribution is 5.75. The van der Waals surface area contributed by atoms with Gasteiger partial charge in [-0.3, -0.25) is 4.79 Å². The number of amides is 1. The zero-order valence-electron chi connectivity index (χ0n) is 19.5. The Labute approximate surface area is 194 Å². The molecule has 0 aliphatic heterocycles. The third-order valence-corrected chi connectivity index (χ3v) is 5.86. The van der Waals surface area contributed by atoms with Crippen LogP contribution in [0, 0.1) is 11.3 Å². The van der Waals surface area contributed by atoms with E-state index >= 15 is 0 Å². The number of carbonyl (C=O) groups excluding carboxylic acids is 1. The maximum atomic E-state index is 12.2. The van der Waals surface area contributed by atoms with Crippen LogP contribution in [0.25, 0.3) is 22.8 Å². The fraction of sp³-hybridized carbons (Fsp3) is 0.385. The molecule has 0 fully saturated rings. The van der Waals surface area contributed by atoms with Gasteiger partial charge in [-0.1, -0.05) is 30.3 Å². The number of hydrogen-bond donors (Lipinski definition) is 0. The van der Waals surface area contributed by atoms with Crippen molar-refractivity contribution in [2.75, 3.05) is 6.54 Å². The highest BCUT2D eigenvalue weighted by Gasteiger charge is 2.31. The Morgan fingerprint density at radius 3 is 2.85 bits per heavy atom. The summed E-state index contributed by atoms with van der Waals surface area (Å²) in [6, 6.07) is 13.6. The van der Waals surface area contributed by atoms with E-state index in [1.807, 2.05) is 36.9 Å². The number of fused-ring (bicyclic) bond motifs is 1. The largest absolute Gasteiger partial charge is 0.490 e. The lowest BCUT2D eigenvalue weighted by molar-refractivity contribution is -0.131. The molecule has 7 heteroatoms. The highest BCUT2D eigenvalue weighted by atomic mass is 16.5. The standard InChI is InChI=1S/C26H28N4O3/c1-5-13-30(17(4)31)23-11-10-20-21(23)7-6-8-22(20)25-28-26(33-29-25)18-9-12-24(32-16(2)3)19(14-18)15-27/h6-9,12,14,16,23H,5,10-11,13H2,1-4H3/t23-/m0/s1. The number of aromatic nitrogens is 2. The Morgan fingerprint density at radius 1 is 1.33 bits per heavy atom. The van der Waals surface area contributed by atoms with Gasteiger partial charge < -0.3 is 14.2 Å². The number of ether oxygens (including phenoxy) is 1. The van der Waals surface area contributed by atoms with Crippen molar-refractivity contribution < 1.29 is 14.1 Å². The number of benzene rings is 2. The zero-order chi connectivity index (χ0) is 23.5. The molecule has 1 aliphatic carbocycles. The van der Waals surface area contributed by atoms with Crippen LogP contribution >= 0.6 is 0 Å². The first-order valence-electron chi connectivity index (χ1n) is 11.4. The van der Waals surface area contributed by atoms with Crippen molar-refractivity contribution in [2.45, 2.75) is 59.1 Å². The minimum atomic E-state index is -0.0294. The molecular formula is C26H28N4O3. The van der Waals surface area contributed by atoms with E-state index in [0.717, 1.165) is 42.5 Å². The van der Waals surface area contributed by atoms with Crippen molar-refractivity contribution in [3.05, 3.63) is 53.1 Å². The second kappa shape index (κ2) is 9.45. The predicted octanol–water partition coefficient (Wildman–Crippen LogP) is 5.31. The zero-order valence-corrected chi connectivity index (χ0v) is 19.5. The Hall–Kier alpha value is -3.66. The number of carbonyl (C=O) groups is 1. The molecule has 2 aromatic carbocycles. The molecular weight excluding hydrogens is 416 g/mol. The molecule has 1 heterocycles. The van der Waals surface area contributed by atoms with Gasteiger partial charge in [0.05, 0.1) is 17.7 Å². The Morgan fingerprint density at radius 2 is 2.15 bits per heavy atom. The molecule has 1 atom stereocenters. The normalized spacial score (nSPS) is 14.7. The molecule has 0 saturated carbocycles. The van der Waals surface area contributed by atoms with Gasteiger partial charge in [-0.2, -0.15) is 10.2 Å². The monoisotopic (exact) mass is 444 g/mol. The average Bonchev–Trinajstić information content (AvgIpc) is 3.45. The van der Waals surface area contributed by atoms with E-state index < -0.39 is 0 Å². The minimum absolute atomic E-state index is 0.0294. The summed E-state index contributed by atoms with van der Waals surface area (Å²) in [5.41, 5.74) is 4.33. The first kappa shape index (κ1) is 22.5. The maximum Gasteiger partial charge on any atom is 0.258 e. The van der Waals surface area contributed by atoms with E-state index in [2.05, 4.69) is 29.2 Å². The molecule has 4 rings (SSSR count). The van der Waals surface area contributed by atoms with Crippen LogP contribution in [-0.2, 0) is 11.2 Å². The minimum Gasteiger partial charge on any atom is -0.490 e. The van der Waals surface area contributed by atoms with Gasteiger partial charge in [0.2, 0.25) is 11.7 Å². The number of nitrogens with zero attached hydrogens (tertiary/aromatic N) is 4. The fourth-order valence-corrected chi connectivity index (χ4v) is 4.50. The lowest BCUT2D eigenvalue weighted by Gasteiger charge is -2.28. The lowest BCUT2D eigenvalue weighted by Crippen LogP contribution is -2.32. The topological polar surface area (TPSA) is 92.3 Å². The van der Waals surface area contributed by atoms with Crippen LogP contribution in [0.3, 0.4) is 0 Å². The van der Waals surface area contributed by atoms with Crippen molar-refractivity contribution in [2.24, 2.45) is 0 Å². The average molecular weight is 445 g/mol. The van der Waals surface area contributed by atoms with Crippen LogP contribution in [-0.4, -0.2) is 33.6 Å². The van der Waals surface area contributed by atoms with Gasteiger partial charge in [-0.25, -0.2) is 0 Å². The van der Waals surface area contributed by atoms with Crippen molar-refractivity contribution in [1.29, 1.82) is 5.26 Å². The van der Waals surface area contributed by atoms with Crippen molar-refractivity contribution in [3.63, 3.8) is 0 Å². The number of rotatable bonds is 7. The number of nitriles is 1. The van der Waals surface area contributed by atoms with Gasteiger partial charge in [0.25, 0.3) is 5.89 Å². The first-order valence-corrected chi connectivity index (χ1v) is 11.4. The molecule has 7 nitrogen and oxygen atoms in total. The molecule has 0 spiro atoms. The van der Waals surface area contributed by atoms with E-state index in [0.29, 0.717) is 28.6 Å². The van der Waals surface area contributed by atoms with E-state index in [-0.39, 0.29) is 18.1 Å². The third kappa shape index (κ3) is 4.47. The summed E-state index contributed by atoms with van der Waals surface area (Å²) in [6.07, 6.45) is 2.64. The van der Waals surface area contributed by atoms with Crippen LogP contribution in [0.4, 0.5) is 0 Å². The van der Waals surface area contributed by atoms with E-state index in [1.54, 1.807) is 19.1 Å². The maximum absolute atomic E-state index is 12.2. The van der Waals surface area contributed by atoms with Crippen LogP contribution in [0.1, 0.15) is 63.3 Å². The van der Waals surface area contributed by atoms with Crippen LogP contribution in [0.5, 0.6) is 5.75 Å². The van der Waals surface area contributed by atoms with E-state index in [1.165, 1.54) is 0 Å². The summed E-state index contributed by atoms with van der Waals surface area (Å²) in [7, 11) is 0. The first-order chi connectivity index (χ1) is 15.9. The van der Waals surface area contributed by atoms with E-state index in [9.17, 15) is 10.1 Å². The van der Waals surface area contributed by atoms with E-state index in [4.69, 9.17) is 9.26 Å². The fourth-order valence-electron chi connectivity index (χ4n) is 4.50. The Kier molecular flexibility index (Phi) is 6.45. The Bertz CT molecular complexity index is 1210. The van der Waals surface area contributed by atoms with Crippen molar-refractivity contribution >= 4 is 5.91 Å². The summed E-state index contributed by atoms with van der Waals surface area (Å²) < 4.78 is 11.3. The molecule has 0 bridgehead atoms. The summed E-state index contributed by atoms with van der Waals surface area (Å²) >= 11 is 0. The second-order valence-electron chi connectivity index (χ2n) is 8.55. The summed E-state index contributed by atoms with van der Waals surface area (Å²) in [6.45, 7) is 8.30. The molecule has 3 aromatic rings.